The molecule has 0 aliphatic rings. The van der Waals surface area contributed by atoms with Crippen LogP contribution in [0.1, 0.15) is 29.3 Å². The Balaban J connectivity index is 2.38. The van der Waals surface area contributed by atoms with Gasteiger partial charge in [0.15, 0.2) is 5.78 Å². The van der Waals surface area contributed by atoms with E-state index in [1.54, 1.807) is 25.3 Å². The van der Waals surface area contributed by atoms with E-state index in [1.807, 2.05) is 37.3 Å². The minimum Gasteiger partial charge on any atom is -0.496 e. The third-order valence-electron chi connectivity index (χ3n) is 2.94. The highest BCUT2D eigenvalue weighted by atomic mass is 16.5. The summed E-state index contributed by atoms with van der Waals surface area (Å²) < 4.78 is 10.9. The maximum atomic E-state index is 12.6. The summed E-state index contributed by atoms with van der Waals surface area (Å²) in [4.78, 5) is 12.6. The lowest BCUT2D eigenvalue weighted by atomic mass is 10.0. The molecular weight excluding hydrogens is 252 g/mol. The van der Waals surface area contributed by atoms with E-state index >= 15 is 0 Å². The maximum absolute atomic E-state index is 12.6. The Morgan fingerprint density at radius 2 is 1.50 bits per heavy atom. The molecule has 0 spiro atoms. The molecule has 2 aromatic rings. The quantitative estimate of drug-likeness (QED) is 0.750. The molecule has 20 heavy (non-hydrogen) atoms. The van der Waals surface area contributed by atoms with E-state index in [-0.39, 0.29) is 5.78 Å². The van der Waals surface area contributed by atoms with Crippen molar-refractivity contribution in [3.05, 3.63) is 59.7 Å². The van der Waals surface area contributed by atoms with Gasteiger partial charge in [0.25, 0.3) is 0 Å². The van der Waals surface area contributed by atoms with Crippen LogP contribution in [0.15, 0.2) is 48.5 Å². The van der Waals surface area contributed by atoms with Crippen LogP contribution in [0.25, 0.3) is 0 Å². The molecule has 104 valence electrons. The highest BCUT2D eigenvalue weighted by Crippen LogP contribution is 2.26. The van der Waals surface area contributed by atoms with E-state index in [4.69, 9.17) is 9.47 Å². The average molecular weight is 270 g/mol. The Morgan fingerprint density at radius 1 is 0.950 bits per heavy atom. The zero-order chi connectivity index (χ0) is 14.4. The van der Waals surface area contributed by atoms with Gasteiger partial charge in [-0.2, -0.15) is 0 Å². The maximum Gasteiger partial charge on any atom is 0.200 e. The third-order valence-corrected chi connectivity index (χ3v) is 2.94. The predicted octanol–water partition coefficient (Wildman–Crippen LogP) is 3.72. The summed E-state index contributed by atoms with van der Waals surface area (Å²) in [5, 5.41) is 0. The Bertz CT molecular complexity index is 590. The van der Waals surface area contributed by atoms with E-state index in [0.717, 1.165) is 6.42 Å². The summed E-state index contributed by atoms with van der Waals surface area (Å²) in [6.07, 6.45) is 0.900. The second-order valence-electron chi connectivity index (χ2n) is 4.37. The van der Waals surface area contributed by atoms with Crippen LogP contribution in [0.5, 0.6) is 11.5 Å². The van der Waals surface area contributed by atoms with Gasteiger partial charge in [0.1, 0.15) is 11.5 Å². The summed E-state index contributed by atoms with van der Waals surface area (Å²) >= 11 is 0. The number of ketones is 1. The number of para-hydroxylation sites is 2. The number of ether oxygens (including phenoxy) is 2. The molecule has 0 aliphatic heterocycles. The second-order valence-corrected chi connectivity index (χ2v) is 4.37. The number of carbonyl (C=O) groups is 1. The summed E-state index contributed by atoms with van der Waals surface area (Å²) in [6, 6.07) is 14.5. The highest BCUT2D eigenvalue weighted by Gasteiger charge is 2.17. The van der Waals surface area contributed by atoms with E-state index in [2.05, 4.69) is 0 Å². The second kappa shape index (κ2) is 6.75. The lowest BCUT2D eigenvalue weighted by Gasteiger charge is -2.11. The van der Waals surface area contributed by atoms with Gasteiger partial charge < -0.3 is 9.47 Å². The number of hydrogen-bond acceptors (Lipinski definition) is 3. The molecule has 0 heterocycles. The molecule has 0 aliphatic carbocycles. The largest absolute Gasteiger partial charge is 0.496 e. The number of benzene rings is 2. The summed E-state index contributed by atoms with van der Waals surface area (Å²) in [5.74, 6) is 1.10. The minimum absolute atomic E-state index is 0.0887. The first-order chi connectivity index (χ1) is 9.77. The molecule has 2 rings (SSSR count). The molecular formula is C17H18O3. The fourth-order valence-corrected chi connectivity index (χ4v) is 1.97. The molecule has 0 saturated heterocycles. The van der Waals surface area contributed by atoms with E-state index < -0.39 is 0 Å². The standard InChI is InChI=1S/C17H18O3/c1-3-12-20-16-11-7-5-9-14(16)17(18)13-8-4-6-10-15(13)19-2/h4-11H,3,12H2,1-2H3. The molecule has 0 aromatic heterocycles. The van der Waals surface area contributed by atoms with Crippen LogP contribution in [-0.4, -0.2) is 19.5 Å². The van der Waals surface area contributed by atoms with Gasteiger partial charge in [0, 0.05) is 0 Å². The number of rotatable bonds is 6. The van der Waals surface area contributed by atoms with Crippen molar-refractivity contribution in [2.24, 2.45) is 0 Å². The Hall–Kier alpha value is -2.29. The first kappa shape index (κ1) is 14.1. The predicted molar refractivity (Wildman–Crippen MR) is 78.7 cm³/mol. The van der Waals surface area contributed by atoms with Crippen molar-refractivity contribution < 1.29 is 14.3 Å². The topological polar surface area (TPSA) is 35.5 Å². The minimum atomic E-state index is -0.0887. The van der Waals surface area contributed by atoms with E-state index in [1.165, 1.54) is 0 Å². The SMILES string of the molecule is CCCOc1ccccc1C(=O)c1ccccc1OC. The van der Waals surface area contributed by atoms with E-state index in [9.17, 15) is 4.79 Å². The number of methoxy groups -OCH3 is 1. The Labute approximate surface area is 119 Å². The average Bonchev–Trinajstić information content (AvgIpc) is 2.52. The molecule has 0 N–H and O–H groups in total. The van der Waals surface area contributed by atoms with Crippen molar-refractivity contribution >= 4 is 5.78 Å². The molecule has 0 bridgehead atoms. The van der Waals surface area contributed by atoms with Crippen molar-refractivity contribution in [3.8, 4) is 11.5 Å². The van der Waals surface area contributed by atoms with Gasteiger partial charge in [-0.1, -0.05) is 31.2 Å². The lowest BCUT2D eigenvalue weighted by Crippen LogP contribution is -2.07. The highest BCUT2D eigenvalue weighted by molar-refractivity contribution is 6.12. The zero-order valence-corrected chi connectivity index (χ0v) is 11.8. The monoisotopic (exact) mass is 270 g/mol. The van der Waals surface area contributed by atoms with Gasteiger partial charge in [-0.25, -0.2) is 0 Å². The molecule has 0 fully saturated rings. The van der Waals surface area contributed by atoms with Gasteiger partial charge >= 0.3 is 0 Å². The van der Waals surface area contributed by atoms with Gasteiger partial charge in [0.2, 0.25) is 0 Å². The first-order valence-electron chi connectivity index (χ1n) is 6.67. The fourth-order valence-electron chi connectivity index (χ4n) is 1.97. The summed E-state index contributed by atoms with van der Waals surface area (Å²) in [5.41, 5.74) is 1.10. The molecule has 0 amide bonds. The first-order valence-corrected chi connectivity index (χ1v) is 6.67. The third kappa shape index (κ3) is 2.99. The lowest BCUT2D eigenvalue weighted by molar-refractivity contribution is 0.103. The number of carbonyl (C=O) groups excluding carboxylic acids is 1. The van der Waals surface area contributed by atoms with Gasteiger partial charge in [-0.15, -0.1) is 0 Å². The molecule has 3 nitrogen and oxygen atoms in total. The van der Waals surface area contributed by atoms with Crippen molar-refractivity contribution in [2.45, 2.75) is 13.3 Å². The smallest absolute Gasteiger partial charge is 0.200 e. The number of hydrogen-bond donors (Lipinski definition) is 0. The molecule has 0 atom stereocenters. The van der Waals surface area contributed by atoms with Crippen LogP contribution in [0.4, 0.5) is 0 Å². The van der Waals surface area contributed by atoms with Crippen molar-refractivity contribution in [3.63, 3.8) is 0 Å². The van der Waals surface area contributed by atoms with Crippen molar-refractivity contribution in [1.29, 1.82) is 0 Å². The van der Waals surface area contributed by atoms with Crippen LogP contribution in [0.3, 0.4) is 0 Å². The molecule has 0 unspecified atom stereocenters. The van der Waals surface area contributed by atoms with E-state index in [0.29, 0.717) is 29.2 Å². The molecule has 0 saturated carbocycles. The Morgan fingerprint density at radius 3 is 2.10 bits per heavy atom. The molecule has 0 radical (unpaired) electrons. The van der Waals surface area contributed by atoms with Crippen LogP contribution in [0, 0.1) is 0 Å². The van der Waals surface area contributed by atoms with Gasteiger partial charge in [-0.05, 0) is 30.7 Å². The summed E-state index contributed by atoms with van der Waals surface area (Å²) in [7, 11) is 1.56. The Kier molecular flexibility index (Phi) is 4.77. The molecule has 2 aromatic carbocycles. The van der Waals surface area contributed by atoms with Crippen molar-refractivity contribution in [2.75, 3.05) is 13.7 Å². The molecule has 3 heteroatoms. The summed E-state index contributed by atoms with van der Waals surface area (Å²) in [6.45, 7) is 2.63. The van der Waals surface area contributed by atoms with Gasteiger partial charge in [-0.3, -0.25) is 4.79 Å². The van der Waals surface area contributed by atoms with Crippen LogP contribution in [0.2, 0.25) is 0 Å². The normalized spacial score (nSPS) is 10.1. The van der Waals surface area contributed by atoms with Crippen LogP contribution < -0.4 is 9.47 Å². The fraction of sp³-hybridized carbons (Fsp3) is 0.235. The van der Waals surface area contributed by atoms with Crippen LogP contribution >= 0.6 is 0 Å². The van der Waals surface area contributed by atoms with Crippen molar-refractivity contribution in [1.82, 2.24) is 0 Å². The van der Waals surface area contributed by atoms with Crippen LogP contribution in [-0.2, 0) is 0 Å². The zero-order valence-electron chi connectivity index (χ0n) is 11.8. The van der Waals surface area contributed by atoms with Gasteiger partial charge in [0.05, 0.1) is 24.8 Å².